The molecule has 0 aromatic carbocycles. The molecule has 3 N–H and O–H groups in total. The van der Waals surface area contributed by atoms with E-state index in [1.165, 1.54) is 6.42 Å². The van der Waals surface area contributed by atoms with Gasteiger partial charge in [0.1, 0.15) is 0 Å². The van der Waals surface area contributed by atoms with Crippen LogP contribution < -0.4 is 16.0 Å². The summed E-state index contributed by atoms with van der Waals surface area (Å²) in [6.45, 7) is 9.32. The number of carbonyl (C=O) groups excluding carboxylic acids is 1. The quantitative estimate of drug-likeness (QED) is 0.494. The van der Waals surface area contributed by atoms with E-state index >= 15 is 0 Å². The molecular formula is C15H30N4O2. The Kier molecular flexibility index (Phi) is 7.32. The van der Waals surface area contributed by atoms with Crippen LogP contribution in [0, 0.1) is 11.8 Å². The minimum absolute atomic E-state index is 0.0271. The normalized spacial score (nSPS) is 22.7. The van der Waals surface area contributed by atoms with Crippen LogP contribution in [0.25, 0.3) is 0 Å². The van der Waals surface area contributed by atoms with Gasteiger partial charge in [0.25, 0.3) is 0 Å². The summed E-state index contributed by atoms with van der Waals surface area (Å²) in [5, 5.41) is 9.56. The monoisotopic (exact) mass is 298 g/mol. The summed E-state index contributed by atoms with van der Waals surface area (Å²) in [6.07, 6.45) is 1.73. The van der Waals surface area contributed by atoms with Crippen LogP contribution in [0.2, 0.25) is 0 Å². The fraction of sp³-hybridized carbons (Fsp3) is 0.867. The van der Waals surface area contributed by atoms with Crippen LogP contribution >= 0.6 is 0 Å². The Morgan fingerprint density at radius 3 is 2.57 bits per heavy atom. The van der Waals surface area contributed by atoms with E-state index in [0.717, 1.165) is 12.4 Å². The van der Waals surface area contributed by atoms with Crippen LogP contribution in [-0.4, -0.2) is 44.3 Å². The van der Waals surface area contributed by atoms with E-state index in [1.54, 1.807) is 14.0 Å². The molecule has 0 aromatic heterocycles. The first-order valence-corrected chi connectivity index (χ1v) is 7.86. The van der Waals surface area contributed by atoms with E-state index in [1.807, 2.05) is 0 Å². The smallest absolute Gasteiger partial charge is 0.407 e. The van der Waals surface area contributed by atoms with Gasteiger partial charge in [-0.05, 0) is 31.6 Å². The van der Waals surface area contributed by atoms with Crippen LogP contribution in [0.15, 0.2) is 4.99 Å². The van der Waals surface area contributed by atoms with E-state index in [0.29, 0.717) is 31.0 Å². The van der Waals surface area contributed by atoms with Gasteiger partial charge in [-0.1, -0.05) is 20.8 Å². The molecule has 21 heavy (non-hydrogen) atoms. The number of hydrogen-bond acceptors (Lipinski definition) is 3. The van der Waals surface area contributed by atoms with Gasteiger partial charge in [-0.25, -0.2) is 4.79 Å². The molecular weight excluding hydrogens is 268 g/mol. The number of hydrogen-bond donors (Lipinski definition) is 3. The van der Waals surface area contributed by atoms with Gasteiger partial charge in [0.15, 0.2) is 5.96 Å². The predicted molar refractivity (Wildman–Crippen MR) is 85.5 cm³/mol. The largest absolute Gasteiger partial charge is 0.450 e. The molecule has 1 saturated carbocycles. The first-order chi connectivity index (χ1) is 9.96. The molecule has 1 fully saturated rings. The van der Waals surface area contributed by atoms with E-state index in [-0.39, 0.29) is 12.1 Å². The van der Waals surface area contributed by atoms with Crippen molar-refractivity contribution < 1.29 is 9.53 Å². The second-order valence-electron chi connectivity index (χ2n) is 6.11. The molecule has 0 heterocycles. The molecule has 6 nitrogen and oxygen atoms in total. The average molecular weight is 298 g/mol. The summed E-state index contributed by atoms with van der Waals surface area (Å²) in [4.78, 5) is 15.8. The fourth-order valence-electron chi connectivity index (χ4n) is 2.22. The zero-order chi connectivity index (χ0) is 15.8. The molecule has 0 aromatic rings. The minimum Gasteiger partial charge on any atom is -0.450 e. The maximum absolute atomic E-state index is 11.6. The van der Waals surface area contributed by atoms with E-state index in [9.17, 15) is 4.79 Å². The number of aliphatic imine (C=N–C) groups is 1. The number of rotatable bonds is 7. The Morgan fingerprint density at radius 2 is 2.10 bits per heavy atom. The third-order valence-corrected chi connectivity index (χ3v) is 3.52. The number of nitrogens with zero attached hydrogens (tertiary/aromatic N) is 1. The standard InChI is InChI=1S/C15H30N4O2/c1-6-21-15(20)18-12(7-10(2)3)9-17-14(16-5)19-13-8-11(13)4/h10-13H,6-9H2,1-5H3,(H,18,20)(H2,16,17,19). The van der Waals surface area contributed by atoms with Crippen LogP contribution in [0.4, 0.5) is 4.79 Å². The van der Waals surface area contributed by atoms with Crippen LogP contribution in [0.1, 0.15) is 40.5 Å². The summed E-state index contributed by atoms with van der Waals surface area (Å²) in [7, 11) is 1.76. The highest BCUT2D eigenvalue weighted by atomic mass is 16.5. The van der Waals surface area contributed by atoms with Crippen molar-refractivity contribution in [3.63, 3.8) is 0 Å². The summed E-state index contributed by atoms with van der Waals surface area (Å²) in [5.41, 5.74) is 0. The molecule has 0 saturated heterocycles. The first-order valence-electron chi connectivity index (χ1n) is 7.86. The number of nitrogens with one attached hydrogen (secondary N) is 3. The van der Waals surface area contributed by atoms with Crippen molar-refractivity contribution >= 4 is 12.1 Å². The highest BCUT2D eigenvalue weighted by Crippen LogP contribution is 2.28. The van der Waals surface area contributed by atoms with Crippen LogP contribution in [0.5, 0.6) is 0 Å². The highest BCUT2D eigenvalue weighted by molar-refractivity contribution is 5.80. The molecule has 3 atom stereocenters. The van der Waals surface area contributed by atoms with Crippen LogP contribution in [0.3, 0.4) is 0 Å². The van der Waals surface area contributed by atoms with Gasteiger partial charge < -0.3 is 20.7 Å². The summed E-state index contributed by atoms with van der Waals surface area (Å²) in [5.74, 6) is 2.01. The SMILES string of the molecule is CCOC(=O)NC(CNC(=NC)NC1CC1C)CC(C)C. The van der Waals surface area contributed by atoms with Crippen molar-refractivity contribution in [3.05, 3.63) is 0 Å². The molecule has 3 unspecified atom stereocenters. The molecule has 0 radical (unpaired) electrons. The van der Waals surface area contributed by atoms with Crippen molar-refractivity contribution in [1.82, 2.24) is 16.0 Å². The zero-order valence-electron chi connectivity index (χ0n) is 13.9. The second-order valence-corrected chi connectivity index (χ2v) is 6.11. The first kappa shape index (κ1) is 17.6. The number of alkyl carbamates (subject to hydrolysis) is 1. The van der Waals surface area contributed by atoms with Gasteiger partial charge in [-0.15, -0.1) is 0 Å². The molecule has 0 spiro atoms. The molecule has 122 valence electrons. The predicted octanol–water partition coefficient (Wildman–Crippen LogP) is 1.72. The second kappa shape index (κ2) is 8.74. The van der Waals surface area contributed by atoms with E-state index in [4.69, 9.17) is 4.74 Å². The van der Waals surface area contributed by atoms with Crippen molar-refractivity contribution in [1.29, 1.82) is 0 Å². The molecule has 1 aliphatic rings. The molecule has 6 heteroatoms. The Bertz CT molecular complexity index is 358. The van der Waals surface area contributed by atoms with Crippen molar-refractivity contribution in [2.75, 3.05) is 20.2 Å². The lowest BCUT2D eigenvalue weighted by Gasteiger charge is -2.22. The lowest BCUT2D eigenvalue weighted by Crippen LogP contribution is -2.48. The summed E-state index contributed by atoms with van der Waals surface area (Å²) < 4.78 is 4.95. The van der Waals surface area contributed by atoms with Gasteiger partial charge in [-0.2, -0.15) is 0 Å². The third-order valence-electron chi connectivity index (χ3n) is 3.52. The van der Waals surface area contributed by atoms with Gasteiger partial charge in [0, 0.05) is 25.7 Å². The topological polar surface area (TPSA) is 74.8 Å². The van der Waals surface area contributed by atoms with E-state index < -0.39 is 0 Å². The minimum atomic E-state index is -0.358. The van der Waals surface area contributed by atoms with Crippen LogP contribution in [-0.2, 0) is 4.74 Å². The summed E-state index contributed by atoms with van der Waals surface area (Å²) in [6, 6.07) is 0.553. The number of ether oxygens (including phenoxy) is 1. The molecule has 1 rings (SSSR count). The van der Waals surface area contributed by atoms with Crippen molar-refractivity contribution in [3.8, 4) is 0 Å². The lowest BCUT2D eigenvalue weighted by molar-refractivity contribution is 0.146. The lowest BCUT2D eigenvalue weighted by atomic mass is 10.0. The Labute approximate surface area is 128 Å². The number of amides is 1. The Morgan fingerprint density at radius 1 is 1.43 bits per heavy atom. The Balaban J connectivity index is 2.41. The molecule has 1 aliphatic carbocycles. The summed E-state index contributed by atoms with van der Waals surface area (Å²) >= 11 is 0. The molecule has 0 bridgehead atoms. The number of carbonyl (C=O) groups is 1. The van der Waals surface area contributed by atoms with Gasteiger partial charge in [0.2, 0.25) is 0 Å². The van der Waals surface area contributed by atoms with E-state index in [2.05, 4.69) is 41.7 Å². The number of guanidine groups is 1. The van der Waals surface area contributed by atoms with Crippen molar-refractivity contribution in [2.45, 2.75) is 52.6 Å². The molecule has 1 amide bonds. The maximum Gasteiger partial charge on any atom is 0.407 e. The fourth-order valence-corrected chi connectivity index (χ4v) is 2.22. The molecule has 0 aliphatic heterocycles. The highest BCUT2D eigenvalue weighted by Gasteiger charge is 2.33. The zero-order valence-corrected chi connectivity index (χ0v) is 13.9. The van der Waals surface area contributed by atoms with Gasteiger partial charge >= 0.3 is 6.09 Å². The van der Waals surface area contributed by atoms with Crippen molar-refractivity contribution in [2.24, 2.45) is 16.8 Å². The Hall–Kier alpha value is -1.46. The van der Waals surface area contributed by atoms with Gasteiger partial charge in [0.05, 0.1) is 6.61 Å². The average Bonchev–Trinajstić information content (AvgIpc) is 3.09. The van der Waals surface area contributed by atoms with Gasteiger partial charge in [-0.3, -0.25) is 4.99 Å². The maximum atomic E-state index is 11.6. The third kappa shape index (κ3) is 7.20.